The summed E-state index contributed by atoms with van der Waals surface area (Å²) in [7, 11) is 4.16. The molecule has 0 saturated carbocycles. The first-order chi connectivity index (χ1) is 10.1. The Balaban J connectivity index is 1.75. The summed E-state index contributed by atoms with van der Waals surface area (Å²) < 4.78 is 2.11. The fourth-order valence-corrected chi connectivity index (χ4v) is 3.23. The van der Waals surface area contributed by atoms with Gasteiger partial charge < -0.3 is 9.80 Å². The van der Waals surface area contributed by atoms with Gasteiger partial charge in [-0.2, -0.15) is 5.10 Å². The van der Waals surface area contributed by atoms with Crippen LogP contribution in [-0.4, -0.2) is 52.7 Å². The van der Waals surface area contributed by atoms with Gasteiger partial charge in [-0.05, 0) is 52.4 Å². The van der Waals surface area contributed by atoms with Crippen molar-refractivity contribution in [2.45, 2.75) is 38.3 Å². The van der Waals surface area contributed by atoms with Crippen LogP contribution in [0.2, 0.25) is 0 Å². The van der Waals surface area contributed by atoms with E-state index in [0.717, 1.165) is 50.0 Å². The topological polar surface area (TPSA) is 41.4 Å². The summed E-state index contributed by atoms with van der Waals surface area (Å²) in [5, 5.41) is 4.45. The van der Waals surface area contributed by atoms with Gasteiger partial charge in [-0.3, -0.25) is 9.48 Å². The normalized spacial score (nSPS) is 21.6. The molecule has 0 saturated heterocycles. The molecular weight excluding hydrogens is 264 g/mol. The number of hydrogen-bond donors (Lipinski definition) is 0. The van der Waals surface area contributed by atoms with E-state index in [1.165, 1.54) is 0 Å². The van der Waals surface area contributed by atoms with E-state index >= 15 is 0 Å². The van der Waals surface area contributed by atoms with Gasteiger partial charge in [-0.25, -0.2) is 0 Å². The summed E-state index contributed by atoms with van der Waals surface area (Å²) in [5.74, 6) is 0.231. The number of carbonyl (C=O) groups is 1. The predicted molar refractivity (Wildman–Crippen MR) is 81.8 cm³/mol. The molecule has 0 bridgehead atoms. The average Bonchev–Trinajstić information content (AvgIpc) is 3.14. The number of allylic oxidation sites excluding steroid dienone is 1. The van der Waals surface area contributed by atoms with Crippen molar-refractivity contribution in [1.29, 1.82) is 0 Å². The van der Waals surface area contributed by atoms with Crippen LogP contribution in [0.4, 0.5) is 0 Å². The van der Waals surface area contributed by atoms with Gasteiger partial charge in [0.15, 0.2) is 0 Å². The van der Waals surface area contributed by atoms with E-state index in [1.807, 2.05) is 17.2 Å². The number of fused-ring (bicyclic) bond motifs is 1. The van der Waals surface area contributed by atoms with Gasteiger partial charge in [-0.1, -0.05) is 6.08 Å². The fraction of sp³-hybridized carbons (Fsp3) is 0.625. The summed E-state index contributed by atoms with van der Waals surface area (Å²) >= 11 is 0. The molecule has 0 radical (unpaired) electrons. The third-order valence-electron chi connectivity index (χ3n) is 4.39. The number of rotatable bonds is 4. The molecule has 1 atom stereocenters. The highest BCUT2D eigenvalue weighted by Crippen LogP contribution is 2.27. The van der Waals surface area contributed by atoms with Gasteiger partial charge >= 0.3 is 0 Å². The van der Waals surface area contributed by atoms with Crippen LogP contribution in [0.1, 0.15) is 37.4 Å². The minimum Gasteiger partial charge on any atom is -0.331 e. The summed E-state index contributed by atoms with van der Waals surface area (Å²) in [6, 6.07) is 2.32. The van der Waals surface area contributed by atoms with E-state index in [0.29, 0.717) is 6.54 Å². The van der Waals surface area contributed by atoms with Crippen molar-refractivity contribution < 1.29 is 4.79 Å². The quantitative estimate of drug-likeness (QED) is 0.849. The van der Waals surface area contributed by atoms with Crippen LogP contribution in [0.25, 0.3) is 0 Å². The van der Waals surface area contributed by atoms with Gasteiger partial charge in [0, 0.05) is 18.3 Å². The molecule has 2 aliphatic rings. The van der Waals surface area contributed by atoms with Crippen LogP contribution in [0.15, 0.2) is 23.9 Å². The standard InChI is InChI=1S/C16H24N4O/c1-18(2)10-8-15-12-19(11-14-7-9-17-20(14)15)16(21)13-5-3-4-6-13/h5,7,9,15H,3-4,6,8,10-12H2,1-2H3. The van der Waals surface area contributed by atoms with E-state index in [4.69, 9.17) is 0 Å². The monoisotopic (exact) mass is 288 g/mol. The Labute approximate surface area is 126 Å². The summed E-state index contributed by atoms with van der Waals surface area (Å²) in [5.41, 5.74) is 2.16. The summed E-state index contributed by atoms with van der Waals surface area (Å²) in [4.78, 5) is 16.8. The molecule has 3 rings (SSSR count). The molecule has 5 heteroatoms. The molecule has 2 heterocycles. The molecule has 1 aromatic rings. The van der Waals surface area contributed by atoms with Crippen molar-refractivity contribution in [2.24, 2.45) is 0 Å². The lowest BCUT2D eigenvalue weighted by Crippen LogP contribution is -2.42. The van der Waals surface area contributed by atoms with Crippen LogP contribution in [-0.2, 0) is 11.3 Å². The van der Waals surface area contributed by atoms with Crippen LogP contribution < -0.4 is 0 Å². The first-order valence-electron chi connectivity index (χ1n) is 7.80. The maximum Gasteiger partial charge on any atom is 0.249 e. The number of hydrogen-bond acceptors (Lipinski definition) is 3. The van der Waals surface area contributed by atoms with Crippen molar-refractivity contribution in [3.8, 4) is 0 Å². The van der Waals surface area contributed by atoms with Gasteiger partial charge in [0.05, 0.1) is 18.3 Å². The molecular formula is C16H24N4O. The Morgan fingerprint density at radius 3 is 3.05 bits per heavy atom. The van der Waals surface area contributed by atoms with Gasteiger partial charge in [0.1, 0.15) is 0 Å². The lowest BCUT2D eigenvalue weighted by Gasteiger charge is -2.34. The third-order valence-corrected chi connectivity index (χ3v) is 4.39. The molecule has 0 fully saturated rings. The minimum absolute atomic E-state index is 0.231. The zero-order valence-electron chi connectivity index (χ0n) is 13.0. The molecule has 1 amide bonds. The molecule has 1 unspecified atom stereocenters. The first kappa shape index (κ1) is 14.3. The van der Waals surface area contributed by atoms with Crippen molar-refractivity contribution in [2.75, 3.05) is 27.2 Å². The average molecular weight is 288 g/mol. The smallest absolute Gasteiger partial charge is 0.249 e. The lowest BCUT2D eigenvalue weighted by atomic mass is 10.1. The molecule has 0 spiro atoms. The van der Waals surface area contributed by atoms with Crippen molar-refractivity contribution in [3.63, 3.8) is 0 Å². The molecule has 1 aromatic heterocycles. The second-order valence-electron chi connectivity index (χ2n) is 6.32. The molecule has 1 aliphatic carbocycles. The van der Waals surface area contributed by atoms with Gasteiger partial charge in [0.2, 0.25) is 5.91 Å². The van der Waals surface area contributed by atoms with Crippen LogP contribution in [0.5, 0.6) is 0 Å². The Morgan fingerprint density at radius 1 is 1.48 bits per heavy atom. The Bertz CT molecular complexity index is 546. The third kappa shape index (κ3) is 3.02. The fourth-order valence-electron chi connectivity index (χ4n) is 3.23. The van der Waals surface area contributed by atoms with E-state index in [-0.39, 0.29) is 11.9 Å². The molecule has 114 valence electrons. The van der Waals surface area contributed by atoms with Crippen molar-refractivity contribution in [3.05, 3.63) is 29.6 Å². The van der Waals surface area contributed by atoms with Gasteiger partial charge in [-0.15, -0.1) is 0 Å². The van der Waals surface area contributed by atoms with Crippen LogP contribution in [0.3, 0.4) is 0 Å². The highest BCUT2D eigenvalue weighted by atomic mass is 16.2. The Hall–Kier alpha value is -1.62. The number of amides is 1. The molecule has 5 nitrogen and oxygen atoms in total. The lowest BCUT2D eigenvalue weighted by molar-refractivity contribution is -0.129. The Morgan fingerprint density at radius 2 is 2.33 bits per heavy atom. The zero-order chi connectivity index (χ0) is 14.8. The van der Waals surface area contributed by atoms with E-state index in [1.54, 1.807) is 0 Å². The summed E-state index contributed by atoms with van der Waals surface area (Å²) in [6.45, 7) is 2.47. The largest absolute Gasteiger partial charge is 0.331 e. The molecule has 21 heavy (non-hydrogen) atoms. The van der Waals surface area contributed by atoms with Crippen molar-refractivity contribution in [1.82, 2.24) is 19.6 Å². The van der Waals surface area contributed by atoms with E-state index in [2.05, 4.69) is 34.9 Å². The second kappa shape index (κ2) is 6.02. The van der Waals surface area contributed by atoms with E-state index < -0.39 is 0 Å². The predicted octanol–water partition coefficient (Wildman–Crippen LogP) is 1.83. The first-order valence-corrected chi connectivity index (χ1v) is 7.80. The Kier molecular flexibility index (Phi) is 4.10. The highest BCUT2D eigenvalue weighted by molar-refractivity contribution is 5.93. The van der Waals surface area contributed by atoms with Crippen LogP contribution in [0, 0.1) is 0 Å². The highest BCUT2D eigenvalue weighted by Gasteiger charge is 2.30. The van der Waals surface area contributed by atoms with Crippen molar-refractivity contribution >= 4 is 5.91 Å². The molecule has 1 aliphatic heterocycles. The van der Waals surface area contributed by atoms with E-state index in [9.17, 15) is 4.79 Å². The van der Waals surface area contributed by atoms with Crippen LogP contribution >= 0.6 is 0 Å². The van der Waals surface area contributed by atoms with Gasteiger partial charge in [0.25, 0.3) is 0 Å². The number of aromatic nitrogens is 2. The molecule has 0 aromatic carbocycles. The minimum atomic E-state index is 0.231. The summed E-state index contributed by atoms with van der Waals surface area (Å²) in [6.07, 6.45) is 8.10. The maximum atomic E-state index is 12.6. The maximum absolute atomic E-state index is 12.6. The molecule has 0 N–H and O–H groups in total. The SMILES string of the molecule is CN(C)CCC1CN(C(=O)C2=CCCC2)Cc2ccnn21. The zero-order valence-corrected chi connectivity index (χ0v) is 13.0. The number of nitrogens with zero attached hydrogens (tertiary/aromatic N) is 4. The second-order valence-corrected chi connectivity index (χ2v) is 6.32. The number of carbonyl (C=O) groups excluding carboxylic acids is 1.